The largest absolute Gasteiger partial charge is 0.496 e. The van der Waals surface area contributed by atoms with Gasteiger partial charge in [-0.3, -0.25) is 4.98 Å². The second-order valence-corrected chi connectivity index (χ2v) is 6.87. The Balaban J connectivity index is 2.16. The summed E-state index contributed by atoms with van der Waals surface area (Å²) in [6.07, 6.45) is 1.62. The third-order valence-corrected chi connectivity index (χ3v) is 4.84. The molecule has 2 aromatic rings. The van der Waals surface area contributed by atoms with Gasteiger partial charge in [0.25, 0.3) is 0 Å². The quantitative estimate of drug-likeness (QED) is 0.776. The zero-order valence-electron chi connectivity index (χ0n) is 10.7. The molecule has 0 saturated carbocycles. The van der Waals surface area contributed by atoms with Crippen LogP contribution in [0.1, 0.15) is 5.69 Å². The molecule has 5 nitrogen and oxygen atoms in total. The summed E-state index contributed by atoms with van der Waals surface area (Å²) in [6, 6.07) is 10.1. The van der Waals surface area contributed by atoms with E-state index in [2.05, 4.69) is 9.71 Å². The first kappa shape index (κ1) is 15.2. The third kappa shape index (κ3) is 3.68. The fourth-order valence-electron chi connectivity index (χ4n) is 1.57. The lowest BCUT2D eigenvalue weighted by atomic mass is 10.3. The molecule has 0 aliphatic carbocycles. The minimum absolute atomic E-state index is 0.159. The summed E-state index contributed by atoms with van der Waals surface area (Å²) in [6.45, 7) is 0.159. The number of ether oxygens (including phenoxy) is 1. The van der Waals surface area contributed by atoms with Crippen molar-refractivity contribution >= 4 is 32.6 Å². The Morgan fingerprint density at radius 1 is 1.30 bits per heavy atom. The third-order valence-electron chi connectivity index (χ3n) is 2.60. The van der Waals surface area contributed by atoms with Crippen LogP contribution in [0.4, 0.5) is 0 Å². The average Bonchev–Trinajstić information content (AvgIpc) is 2.46. The number of hydrogen-bond acceptors (Lipinski definition) is 4. The highest BCUT2D eigenvalue weighted by Crippen LogP contribution is 2.23. The molecule has 0 fully saturated rings. The Labute approximate surface area is 131 Å². The van der Waals surface area contributed by atoms with E-state index in [-0.39, 0.29) is 11.4 Å². The van der Waals surface area contributed by atoms with Gasteiger partial charge in [0.2, 0.25) is 10.0 Å². The lowest BCUT2D eigenvalue weighted by molar-refractivity contribution is 0.411. The van der Waals surface area contributed by atoms with Crippen LogP contribution in [0.2, 0.25) is 0 Å². The van der Waals surface area contributed by atoms with Crippen LogP contribution in [0.25, 0.3) is 0 Å². The second kappa shape index (κ2) is 6.51. The van der Waals surface area contributed by atoms with Gasteiger partial charge in [0, 0.05) is 6.20 Å². The molecule has 0 radical (unpaired) electrons. The molecule has 106 valence electrons. The number of rotatable bonds is 5. The van der Waals surface area contributed by atoms with Crippen molar-refractivity contribution in [2.45, 2.75) is 11.4 Å². The number of halogens is 1. The fourth-order valence-corrected chi connectivity index (χ4v) is 3.54. The molecule has 1 aromatic heterocycles. The molecule has 0 atom stereocenters. The van der Waals surface area contributed by atoms with Gasteiger partial charge in [-0.2, -0.15) is 0 Å². The van der Waals surface area contributed by atoms with E-state index in [4.69, 9.17) is 4.74 Å². The maximum Gasteiger partial charge on any atom is 0.240 e. The van der Waals surface area contributed by atoms with Crippen molar-refractivity contribution in [1.29, 1.82) is 0 Å². The molecule has 1 aromatic carbocycles. The Morgan fingerprint density at radius 2 is 2.10 bits per heavy atom. The number of pyridine rings is 1. The molecule has 0 spiro atoms. The number of benzene rings is 1. The average molecular weight is 404 g/mol. The van der Waals surface area contributed by atoms with E-state index in [0.717, 1.165) is 3.57 Å². The van der Waals surface area contributed by atoms with Crippen LogP contribution in [0.5, 0.6) is 5.75 Å². The van der Waals surface area contributed by atoms with Gasteiger partial charge in [0.1, 0.15) is 5.75 Å². The van der Waals surface area contributed by atoms with Gasteiger partial charge in [-0.1, -0.05) is 6.07 Å². The molecule has 0 unspecified atom stereocenters. The maximum atomic E-state index is 12.2. The van der Waals surface area contributed by atoms with Crippen LogP contribution in [0.15, 0.2) is 47.5 Å². The summed E-state index contributed by atoms with van der Waals surface area (Å²) in [5.41, 5.74) is 0.666. The molecule has 1 N–H and O–H groups in total. The van der Waals surface area contributed by atoms with Crippen LogP contribution >= 0.6 is 22.6 Å². The number of sulfonamides is 1. The van der Waals surface area contributed by atoms with Crippen molar-refractivity contribution in [3.63, 3.8) is 0 Å². The minimum Gasteiger partial charge on any atom is -0.496 e. The molecule has 1 heterocycles. The van der Waals surface area contributed by atoms with Crippen LogP contribution in [-0.4, -0.2) is 20.5 Å². The summed E-state index contributed by atoms with van der Waals surface area (Å²) in [5.74, 6) is 0.647. The van der Waals surface area contributed by atoms with E-state index >= 15 is 0 Å². The zero-order chi connectivity index (χ0) is 14.6. The molecule has 0 aliphatic rings. The van der Waals surface area contributed by atoms with E-state index in [1.807, 2.05) is 28.7 Å². The molecule has 0 amide bonds. The summed E-state index contributed by atoms with van der Waals surface area (Å²) >= 11 is 2.04. The van der Waals surface area contributed by atoms with Gasteiger partial charge in [-0.15, -0.1) is 0 Å². The smallest absolute Gasteiger partial charge is 0.240 e. The molecule has 2 rings (SSSR count). The number of nitrogens with zero attached hydrogens (tertiary/aromatic N) is 1. The number of methoxy groups -OCH3 is 1. The highest BCUT2D eigenvalue weighted by atomic mass is 127. The van der Waals surface area contributed by atoms with E-state index in [0.29, 0.717) is 11.4 Å². The summed E-state index contributed by atoms with van der Waals surface area (Å²) in [4.78, 5) is 4.28. The summed E-state index contributed by atoms with van der Waals surface area (Å²) in [5, 5.41) is 0. The summed E-state index contributed by atoms with van der Waals surface area (Å²) < 4.78 is 32.7. The zero-order valence-corrected chi connectivity index (χ0v) is 13.7. The molecule has 7 heteroatoms. The highest BCUT2D eigenvalue weighted by Gasteiger charge is 2.15. The van der Waals surface area contributed by atoms with E-state index in [9.17, 15) is 8.42 Å². The van der Waals surface area contributed by atoms with Gasteiger partial charge < -0.3 is 4.74 Å². The molecule has 0 aliphatic heterocycles. The predicted molar refractivity (Wildman–Crippen MR) is 84.0 cm³/mol. The van der Waals surface area contributed by atoms with Crippen LogP contribution < -0.4 is 9.46 Å². The van der Waals surface area contributed by atoms with Crippen molar-refractivity contribution in [3.8, 4) is 5.75 Å². The lowest BCUT2D eigenvalue weighted by Crippen LogP contribution is -2.23. The molecular formula is C13H13IN2O3S. The molecule has 20 heavy (non-hydrogen) atoms. The Bertz CT molecular complexity index is 690. The van der Waals surface area contributed by atoms with E-state index in [1.165, 1.54) is 6.07 Å². The monoisotopic (exact) mass is 404 g/mol. The Morgan fingerprint density at radius 3 is 2.70 bits per heavy atom. The first-order valence-electron chi connectivity index (χ1n) is 5.76. The number of hydrogen-bond donors (Lipinski definition) is 1. The molecule has 0 bridgehead atoms. The molecular weight excluding hydrogens is 391 g/mol. The van der Waals surface area contributed by atoms with Gasteiger partial charge in [0.05, 0.1) is 27.8 Å². The number of aromatic nitrogens is 1. The molecule has 0 saturated heterocycles. The van der Waals surface area contributed by atoms with Crippen molar-refractivity contribution in [3.05, 3.63) is 51.9 Å². The summed E-state index contributed by atoms with van der Waals surface area (Å²) in [7, 11) is -2.01. The second-order valence-electron chi connectivity index (χ2n) is 3.94. The van der Waals surface area contributed by atoms with Gasteiger partial charge in [-0.05, 0) is 52.9 Å². The topological polar surface area (TPSA) is 68.3 Å². The van der Waals surface area contributed by atoms with Gasteiger partial charge >= 0.3 is 0 Å². The Kier molecular flexibility index (Phi) is 4.95. The lowest BCUT2D eigenvalue weighted by Gasteiger charge is -2.08. The van der Waals surface area contributed by atoms with Gasteiger partial charge in [0.15, 0.2) is 0 Å². The van der Waals surface area contributed by atoms with Crippen molar-refractivity contribution in [2.24, 2.45) is 0 Å². The van der Waals surface area contributed by atoms with Crippen molar-refractivity contribution < 1.29 is 13.2 Å². The van der Waals surface area contributed by atoms with Crippen LogP contribution in [-0.2, 0) is 16.6 Å². The Hall–Kier alpha value is -1.19. The number of nitrogens with one attached hydrogen (secondary N) is 1. The van der Waals surface area contributed by atoms with E-state index < -0.39 is 10.0 Å². The minimum atomic E-state index is -3.56. The van der Waals surface area contributed by atoms with Crippen LogP contribution in [0.3, 0.4) is 0 Å². The van der Waals surface area contributed by atoms with E-state index in [1.54, 1.807) is 37.6 Å². The van der Waals surface area contributed by atoms with Crippen LogP contribution in [0, 0.1) is 3.57 Å². The van der Waals surface area contributed by atoms with Crippen molar-refractivity contribution in [2.75, 3.05) is 7.11 Å². The fraction of sp³-hybridized carbons (Fsp3) is 0.154. The standard InChI is InChI=1S/C13H13IN2O3S/c1-19-13-6-5-11(8-12(13)14)20(17,18)16-9-10-4-2-3-7-15-10/h2-8,16H,9H2,1H3. The SMILES string of the molecule is COc1ccc(S(=O)(=O)NCc2ccccn2)cc1I. The first-order valence-corrected chi connectivity index (χ1v) is 8.32. The van der Waals surface area contributed by atoms with Gasteiger partial charge in [-0.25, -0.2) is 13.1 Å². The first-order chi connectivity index (χ1) is 9.53. The highest BCUT2D eigenvalue weighted by molar-refractivity contribution is 14.1. The van der Waals surface area contributed by atoms with Crippen molar-refractivity contribution in [1.82, 2.24) is 9.71 Å². The normalized spacial score (nSPS) is 11.3. The predicted octanol–water partition coefficient (Wildman–Crippen LogP) is 2.17. The maximum absolute atomic E-state index is 12.2.